The Morgan fingerprint density at radius 2 is 1.85 bits per heavy atom. The number of nitrogens with one attached hydrogen (secondary N) is 1. The second-order valence-corrected chi connectivity index (χ2v) is 5.99. The van der Waals surface area contributed by atoms with E-state index in [2.05, 4.69) is 5.32 Å². The Morgan fingerprint density at radius 3 is 2.41 bits per heavy atom. The summed E-state index contributed by atoms with van der Waals surface area (Å²) in [5.74, 6) is -1.54. The quantitative estimate of drug-likeness (QED) is 0.647. The van der Waals surface area contributed by atoms with E-state index >= 15 is 0 Å². The van der Waals surface area contributed by atoms with Crippen LogP contribution < -0.4 is 5.32 Å². The SMILES string of the molecule is CCC(=O)Nc1ccc(/C=C/c2ccc(C(F)(F)F)cc2Cl)cc1C(=O)O. The Hall–Kier alpha value is -2.80. The van der Waals surface area contributed by atoms with Crippen molar-refractivity contribution >= 4 is 41.3 Å². The highest BCUT2D eigenvalue weighted by Gasteiger charge is 2.30. The number of alkyl halides is 3. The molecule has 0 saturated heterocycles. The van der Waals surface area contributed by atoms with Crippen LogP contribution in [0.25, 0.3) is 12.2 Å². The molecule has 142 valence electrons. The van der Waals surface area contributed by atoms with E-state index in [-0.39, 0.29) is 28.6 Å². The number of rotatable bonds is 5. The largest absolute Gasteiger partial charge is 0.478 e. The van der Waals surface area contributed by atoms with Crippen molar-refractivity contribution in [2.45, 2.75) is 19.5 Å². The molecule has 0 saturated carbocycles. The number of hydrogen-bond acceptors (Lipinski definition) is 2. The molecule has 0 spiro atoms. The van der Waals surface area contributed by atoms with Crippen LogP contribution in [0, 0.1) is 0 Å². The smallest absolute Gasteiger partial charge is 0.416 e. The predicted octanol–water partition coefficient (Wildman–Crippen LogP) is 5.58. The number of halogens is 4. The van der Waals surface area contributed by atoms with Crippen LogP contribution >= 0.6 is 11.6 Å². The summed E-state index contributed by atoms with van der Waals surface area (Å²) >= 11 is 5.89. The number of hydrogen-bond donors (Lipinski definition) is 2. The zero-order chi connectivity index (χ0) is 20.2. The maximum Gasteiger partial charge on any atom is 0.416 e. The first-order chi connectivity index (χ1) is 12.6. The lowest BCUT2D eigenvalue weighted by Gasteiger charge is -2.09. The first-order valence-electron chi connectivity index (χ1n) is 7.84. The van der Waals surface area contributed by atoms with Crippen LogP contribution in [0.5, 0.6) is 0 Å². The van der Waals surface area contributed by atoms with E-state index < -0.39 is 17.7 Å². The van der Waals surface area contributed by atoms with Crippen molar-refractivity contribution in [3.8, 4) is 0 Å². The van der Waals surface area contributed by atoms with Crippen molar-refractivity contribution in [1.82, 2.24) is 0 Å². The molecule has 2 aromatic carbocycles. The van der Waals surface area contributed by atoms with Gasteiger partial charge in [0.15, 0.2) is 0 Å². The van der Waals surface area contributed by atoms with Crippen LogP contribution in [0.3, 0.4) is 0 Å². The number of aromatic carboxylic acids is 1. The average Bonchev–Trinajstić information content (AvgIpc) is 2.60. The molecule has 27 heavy (non-hydrogen) atoms. The van der Waals surface area contributed by atoms with Crippen LogP contribution in [-0.2, 0) is 11.0 Å². The summed E-state index contributed by atoms with van der Waals surface area (Å²) in [5, 5.41) is 11.7. The highest BCUT2D eigenvalue weighted by Crippen LogP contribution is 2.32. The second-order valence-electron chi connectivity index (χ2n) is 5.58. The zero-order valence-corrected chi connectivity index (χ0v) is 14.9. The number of carboxylic acids is 1. The molecule has 0 fully saturated rings. The minimum Gasteiger partial charge on any atom is -0.478 e. The molecule has 2 aromatic rings. The summed E-state index contributed by atoms with van der Waals surface area (Å²) in [6, 6.07) is 7.35. The lowest BCUT2D eigenvalue weighted by atomic mass is 10.1. The van der Waals surface area contributed by atoms with Crippen LogP contribution in [0.2, 0.25) is 5.02 Å². The highest BCUT2D eigenvalue weighted by molar-refractivity contribution is 6.32. The molecule has 0 heterocycles. The molecule has 1 amide bonds. The monoisotopic (exact) mass is 397 g/mol. The van der Waals surface area contributed by atoms with E-state index in [0.717, 1.165) is 12.1 Å². The van der Waals surface area contributed by atoms with E-state index in [9.17, 15) is 27.9 Å². The topological polar surface area (TPSA) is 66.4 Å². The molecule has 0 radical (unpaired) electrons. The fourth-order valence-corrected chi connectivity index (χ4v) is 2.46. The van der Waals surface area contributed by atoms with Gasteiger partial charge in [-0.2, -0.15) is 13.2 Å². The van der Waals surface area contributed by atoms with E-state index in [0.29, 0.717) is 11.1 Å². The van der Waals surface area contributed by atoms with Gasteiger partial charge in [0.25, 0.3) is 0 Å². The number of carbonyl (C=O) groups is 2. The van der Waals surface area contributed by atoms with Crippen molar-refractivity contribution in [3.63, 3.8) is 0 Å². The lowest BCUT2D eigenvalue weighted by Crippen LogP contribution is -2.13. The summed E-state index contributed by atoms with van der Waals surface area (Å²) in [6.07, 6.45) is -1.28. The third-order valence-electron chi connectivity index (χ3n) is 3.65. The summed E-state index contributed by atoms with van der Waals surface area (Å²) < 4.78 is 38.0. The fourth-order valence-electron chi connectivity index (χ4n) is 2.21. The van der Waals surface area contributed by atoms with Gasteiger partial charge in [0.1, 0.15) is 0 Å². The standard InChI is InChI=1S/C19H15ClF3NO3/c1-2-17(25)24-16-8-4-11(9-14(16)18(26)27)3-5-12-6-7-13(10-15(12)20)19(21,22)23/h3-10H,2H2,1H3,(H,24,25)(H,26,27)/b5-3+. The van der Waals surface area contributed by atoms with Crippen molar-refractivity contribution < 1.29 is 27.9 Å². The van der Waals surface area contributed by atoms with Gasteiger partial charge in [0, 0.05) is 11.4 Å². The van der Waals surface area contributed by atoms with Crippen LogP contribution in [0.4, 0.5) is 18.9 Å². The molecule has 0 aromatic heterocycles. The lowest BCUT2D eigenvalue weighted by molar-refractivity contribution is -0.137. The normalized spacial score (nSPS) is 11.6. The van der Waals surface area contributed by atoms with Crippen molar-refractivity contribution in [2.75, 3.05) is 5.32 Å². The molecule has 2 N–H and O–H groups in total. The second kappa shape index (κ2) is 8.26. The van der Waals surface area contributed by atoms with Crippen LogP contribution in [-0.4, -0.2) is 17.0 Å². The molecular weight excluding hydrogens is 383 g/mol. The Bertz CT molecular complexity index is 908. The maximum absolute atomic E-state index is 12.7. The summed E-state index contributed by atoms with van der Waals surface area (Å²) in [5.41, 5.74) is 0.0492. The van der Waals surface area contributed by atoms with E-state index in [4.69, 9.17) is 11.6 Å². The summed E-state index contributed by atoms with van der Waals surface area (Å²) in [4.78, 5) is 22.9. The number of benzene rings is 2. The molecule has 2 rings (SSSR count). The predicted molar refractivity (Wildman–Crippen MR) is 97.7 cm³/mol. The number of anilines is 1. The third kappa shape index (κ3) is 5.34. The van der Waals surface area contributed by atoms with E-state index in [1.54, 1.807) is 13.0 Å². The molecule has 0 unspecified atom stereocenters. The molecule has 4 nitrogen and oxygen atoms in total. The van der Waals surface area contributed by atoms with Crippen molar-refractivity contribution in [3.05, 3.63) is 63.7 Å². The fraction of sp³-hybridized carbons (Fsp3) is 0.158. The van der Waals surface area contributed by atoms with Gasteiger partial charge in [-0.3, -0.25) is 4.79 Å². The van der Waals surface area contributed by atoms with Gasteiger partial charge in [-0.25, -0.2) is 4.79 Å². The molecule has 0 bridgehead atoms. The minimum atomic E-state index is -4.49. The van der Waals surface area contributed by atoms with Gasteiger partial charge in [-0.05, 0) is 35.4 Å². The van der Waals surface area contributed by atoms with Gasteiger partial charge in [-0.1, -0.05) is 42.8 Å². The summed E-state index contributed by atoms with van der Waals surface area (Å²) in [6.45, 7) is 1.64. The Balaban J connectivity index is 2.30. The van der Waals surface area contributed by atoms with Gasteiger partial charge in [0.2, 0.25) is 5.91 Å². The van der Waals surface area contributed by atoms with Gasteiger partial charge >= 0.3 is 12.1 Å². The molecular formula is C19H15ClF3NO3. The van der Waals surface area contributed by atoms with Crippen LogP contribution in [0.15, 0.2) is 36.4 Å². The molecule has 8 heteroatoms. The Labute approximate surface area is 158 Å². The van der Waals surface area contributed by atoms with Gasteiger partial charge in [0.05, 0.1) is 16.8 Å². The first-order valence-corrected chi connectivity index (χ1v) is 8.21. The number of carbonyl (C=O) groups excluding carboxylic acids is 1. The molecule has 0 atom stereocenters. The zero-order valence-electron chi connectivity index (χ0n) is 14.1. The minimum absolute atomic E-state index is 0.0774. The average molecular weight is 398 g/mol. The van der Waals surface area contributed by atoms with Gasteiger partial charge < -0.3 is 10.4 Å². The van der Waals surface area contributed by atoms with E-state index in [1.165, 1.54) is 30.4 Å². The summed E-state index contributed by atoms with van der Waals surface area (Å²) in [7, 11) is 0. The van der Waals surface area contributed by atoms with Crippen molar-refractivity contribution in [1.29, 1.82) is 0 Å². The molecule has 0 aliphatic carbocycles. The third-order valence-corrected chi connectivity index (χ3v) is 3.98. The number of carboxylic acid groups (broad SMARTS) is 1. The molecule has 0 aliphatic rings. The first kappa shape index (κ1) is 20.5. The van der Waals surface area contributed by atoms with Gasteiger partial charge in [-0.15, -0.1) is 0 Å². The Morgan fingerprint density at radius 1 is 1.15 bits per heavy atom. The Kier molecular flexibility index (Phi) is 6.28. The van der Waals surface area contributed by atoms with E-state index in [1.807, 2.05) is 0 Å². The van der Waals surface area contributed by atoms with Crippen molar-refractivity contribution in [2.24, 2.45) is 0 Å². The highest BCUT2D eigenvalue weighted by atomic mass is 35.5. The maximum atomic E-state index is 12.7. The van der Waals surface area contributed by atoms with Crippen LogP contribution in [0.1, 0.15) is 40.4 Å². The number of amides is 1. The molecule has 0 aliphatic heterocycles.